The van der Waals surface area contributed by atoms with Gasteiger partial charge >= 0.3 is 0 Å². The number of sulfonamides is 1. The van der Waals surface area contributed by atoms with Gasteiger partial charge in [0.1, 0.15) is 11.9 Å². The Bertz CT molecular complexity index is 1390. The summed E-state index contributed by atoms with van der Waals surface area (Å²) in [4.78, 5) is 2.28. The lowest BCUT2D eigenvalue weighted by molar-refractivity contribution is 0.352. The smallest absolute Gasteiger partial charge is 0.266 e. The Hall–Kier alpha value is -3.43. The number of methoxy groups -OCH3 is 1. The predicted molar refractivity (Wildman–Crippen MR) is 131 cm³/mol. The molecule has 0 N–H and O–H groups in total. The molecular formula is C27H26N2O3S. The molecule has 33 heavy (non-hydrogen) atoms. The van der Waals surface area contributed by atoms with E-state index in [0.29, 0.717) is 11.4 Å². The number of rotatable bonds is 3. The molecule has 0 bridgehead atoms. The molecule has 0 aliphatic carbocycles. The maximum Gasteiger partial charge on any atom is 0.266 e. The van der Waals surface area contributed by atoms with Gasteiger partial charge in [-0.15, -0.1) is 6.42 Å². The Morgan fingerprint density at radius 3 is 2.39 bits per heavy atom. The zero-order valence-electron chi connectivity index (χ0n) is 19.1. The van der Waals surface area contributed by atoms with Gasteiger partial charge < -0.3 is 9.64 Å². The molecule has 2 aliphatic rings. The van der Waals surface area contributed by atoms with Crippen molar-refractivity contribution in [3.8, 4) is 18.1 Å². The van der Waals surface area contributed by atoms with Crippen LogP contribution < -0.4 is 13.9 Å². The number of fused-ring (bicyclic) bond motifs is 4. The lowest BCUT2D eigenvalue weighted by Crippen LogP contribution is -2.60. The van der Waals surface area contributed by atoms with Gasteiger partial charge in [0.05, 0.1) is 29.0 Å². The second-order valence-electron chi connectivity index (χ2n) is 8.92. The standard InChI is InChI=1S/C27H26N2O3S/c1-6-22-21-9-7-8-10-24(21)29(33(30,31)20-14-11-18(2)12-15-20)26-27(22,3)23-17-19(32-5)13-16-25(23)28(26)4/h1,7-17,22,26H,2-5H3/t22-,26+,27+/m0/s1. The van der Waals surface area contributed by atoms with Gasteiger partial charge in [-0.3, -0.25) is 0 Å². The largest absolute Gasteiger partial charge is 0.497 e. The highest BCUT2D eigenvalue weighted by atomic mass is 32.2. The van der Waals surface area contributed by atoms with Crippen molar-refractivity contribution < 1.29 is 13.2 Å². The average molecular weight is 459 g/mol. The van der Waals surface area contributed by atoms with Crippen molar-refractivity contribution in [2.75, 3.05) is 23.4 Å². The molecule has 168 valence electrons. The molecule has 0 radical (unpaired) electrons. The van der Waals surface area contributed by atoms with E-state index in [4.69, 9.17) is 11.2 Å². The van der Waals surface area contributed by atoms with Crippen LogP contribution in [0.25, 0.3) is 0 Å². The minimum absolute atomic E-state index is 0.256. The molecule has 6 heteroatoms. The third-order valence-electron chi connectivity index (χ3n) is 7.12. The molecule has 3 aromatic rings. The summed E-state index contributed by atoms with van der Waals surface area (Å²) >= 11 is 0. The normalized spacial score (nSPS) is 23.4. The summed E-state index contributed by atoms with van der Waals surface area (Å²) in [5.74, 6) is 3.40. The summed E-state index contributed by atoms with van der Waals surface area (Å²) in [6.07, 6.45) is 5.61. The van der Waals surface area contributed by atoms with Crippen LogP contribution in [0.15, 0.2) is 71.6 Å². The lowest BCUT2D eigenvalue weighted by atomic mass is 9.66. The summed E-state index contributed by atoms with van der Waals surface area (Å²) in [5, 5.41) is 0. The van der Waals surface area contributed by atoms with E-state index in [0.717, 1.165) is 22.4 Å². The fourth-order valence-electron chi connectivity index (χ4n) is 5.49. The summed E-state index contributed by atoms with van der Waals surface area (Å²) < 4.78 is 35.4. The van der Waals surface area contributed by atoms with Crippen molar-refractivity contribution in [1.82, 2.24) is 0 Å². The molecule has 2 heterocycles. The molecule has 0 spiro atoms. The van der Waals surface area contributed by atoms with Crippen molar-refractivity contribution in [1.29, 1.82) is 0 Å². The van der Waals surface area contributed by atoms with Crippen molar-refractivity contribution in [3.05, 3.63) is 83.4 Å². The summed E-state index contributed by atoms with van der Waals surface area (Å²) in [6.45, 7) is 4.01. The second kappa shape index (κ2) is 7.29. The minimum Gasteiger partial charge on any atom is -0.497 e. The Morgan fingerprint density at radius 2 is 1.73 bits per heavy atom. The number of para-hydroxylation sites is 1. The van der Waals surface area contributed by atoms with Gasteiger partial charge in [0.25, 0.3) is 10.0 Å². The Kier molecular flexibility index (Phi) is 4.73. The van der Waals surface area contributed by atoms with Crippen LogP contribution in [-0.4, -0.2) is 28.7 Å². The highest BCUT2D eigenvalue weighted by Gasteiger charge is 2.60. The number of aryl methyl sites for hydroxylation is 1. The predicted octanol–water partition coefficient (Wildman–Crippen LogP) is 4.66. The lowest BCUT2D eigenvalue weighted by Gasteiger charge is -2.50. The fraction of sp³-hybridized carbons (Fsp3) is 0.259. The van der Waals surface area contributed by atoms with Crippen LogP contribution in [0.2, 0.25) is 0 Å². The van der Waals surface area contributed by atoms with Crippen LogP contribution in [-0.2, 0) is 15.4 Å². The van der Waals surface area contributed by atoms with Crippen molar-refractivity contribution in [3.63, 3.8) is 0 Å². The van der Waals surface area contributed by atoms with E-state index in [2.05, 4.69) is 12.8 Å². The maximum atomic E-state index is 14.2. The van der Waals surface area contributed by atoms with Crippen LogP contribution in [0.3, 0.4) is 0 Å². The number of hydrogen-bond donors (Lipinski definition) is 0. The van der Waals surface area contributed by atoms with Crippen LogP contribution >= 0.6 is 0 Å². The van der Waals surface area contributed by atoms with E-state index in [9.17, 15) is 8.42 Å². The fourth-order valence-corrected chi connectivity index (χ4v) is 7.25. The number of hydrogen-bond acceptors (Lipinski definition) is 4. The van der Waals surface area contributed by atoms with Gasteiger partial charge in [0.15, 0.2) is 0 Å². The molecule has 5 nitrogen and oxygen atoms in total. The summed E-state index contributed by atoms with van der Waals surface area (Å²) in [5.41, 5.74) is 3.69. The minimum atomic E-state index is -3.89. The first-order valence-electron chi connectivity index (χ1n) is 10.8. The van der Waals surface area contributed by atoms with Gasteiger partial charge in [-0.1, -0.05) is 48.7 Å². The van der Waals surface area contributed by atoms with E-state index in [-0.39, 0.29) is 10.8 Å². The first-order valence-corrected chi connectivity index (χ1v) is 12.3. The van der Waals surface area contributed by atoms with E-state index in [1.54, 1.807) is 23.5 Å². The van der Waals surface area contributed by atoms with Crippen molar-refractivity contribution in [2.45, 2.75) is 36.2 Å². The molecule has 0 amide bonds. The Balaban J connectivity index is 1.83. The van der Waals surface area contributed by atoms with Gasteiger partial charge in [-0.2, -0.15) is 0 Å². The maximum absolute atomic E-state index is 14.2. The number of anilines is 2. The zero-order valence-corrected chi connectivity index (χ0v) is 19.9. The highest BCUT2D eigenvalue weighted by Crippen LogP contribution is 2.59. The first kappa shape index (κ1) is 21.4. The monoisotopic (exact) mass is 458 g/mol. The first-order chi connectivity index (χ1) is 15.7. The molecule has 0 aromatic heterocycles. The number of terminal acetylenes is 1. The Morgan fingerprint density at radius 1 is 1.03 bits per heavy atom. The topological polar surface area (TPSA) is 49.9 Å². The van der Waals surface area contributed by atoms with Crippen molar-refractivity contribution in [2.24, 2.45) is 0 Å². The number of benzene rings is 3. The molecule has 2 aliphatic heterocycles. The van der Waals surface area contributed by atoms with E-state index in [1.165, 1.54) is 0 Å². The molecule has 0 fully saturated rings. The molecule has 3 aromatic carbocycles. The average Bonchev–Trinajstić information content (AvgIpc) is 3.04. The summed E-state index contributed by atoms with van der Waals surface area (Å²) in [7, 11) is -0.332. The van der Waals surface area contributed by atoms with Crippen LogP contribution in [0.5, 0.6) is 5.75 Å². The van der Waals surface area contributed by atoms with Crippen molar-refractivity contribution >= 4 is 21.4 Å². The number of ether oxygens (including phenoxy) is 1. The van der Waals surface area contributed by atoms with Crippen LogP contribution in [0.1, 0.15) is 29.5 Å². The number of likely N-dealkylation sites (N-methyl/N-ethyl adjacent to an activating group) is 1. The zero-order chi connectivity index (χ0) is 23.5. The molecular weight excluding hydrogens is 432 g/mol. The van der Waals surface area contributed by atoms with E-state index >= 15 is 0 Å². The van der Waals surface area contributed by atoms with E-state index in [1.807, 2.05) is 73.5 Å². The molecule has 3 atom stereocenters. The third-order valence-corrected chi connectivity index (χ3v) is 8.90. The second-order valence-corrected chi connectivity index (χ2v) is 10.7. The number of nitrogens with zero attached hydrogens (tertiary/aromatic N) is 2. The quantitative estimate of drug-likeness (QED) is 0.536. The molecule has 5 rings (SSSR count). The van der Waals surface area contributed by atoms with Gasteiger partial charge in [0.2, 0.25) is 0 Å². The molecule has 0 unspecified atom stereocenters. The summed E-state index contributed by atoms with van der Waals surface area (Å²) in [6, 6.07) is 20.4. The highest BCUT2D eigenvalue weighted by molar-refractivity contribution is 7.92. The van der Waals surface area contributed by atoms with E-state index < -0.39 is 21.6 Å². The van der Waals surface area contributed by atoms with Gasteiger partial charge in [0, 0.05) is 12.7 Å². The van der Waals surface area contributed by atoms with Crippen LogP contribution in [0.4, 0.5) is 11.4 Å². The van der Waals surface area contributed by atoms with Gasteiger partial charge in [-0.05, 0) is 54.4 Å². The molecule has 0 saturated carbocycles. The van der Waals surface area contributed by atoms with Crippen LogP contribution in [0, 0.1) is 19.3 Å². The third kappa shape index (κ3) is 2.82. The van der Waals surface area contributed by atoms with Gasteiger partial charge in [-0.25, -0.2) is 12.7 Å². The SMILES string of the molecule is C#C[C@H]1c2ccccc2N(S(=O)(=O)c2ccc(C)cc2)[C@H]2N(C)c3ccc(OC)cc3[C@]21C. The Labute approximate surface area is 195 Å². The molecule has 0 saturated heterocycles.